The number of anilines is 1. The topological polar surface area (TPSA) is 47.6 Å². The molecule has 1 amide bonds. The third-order valence-corrected chi connectivity index (χ3v) is 3.61. The molecule has 0 radical (unpaired) electrons. The largest absolute Gasteiger partial charge is 0.497 e. The number of ether oxygens (including phenoxy) is 2. The van der Waals surface area contributed by atoms with Crippen molar-refractivity contribution >= 4 is 11.6 Å². The van der Waals surface area contributed by atoms with E-state index in [1.165, 1.54) is 5.56 Å². The lowest BCUT2D eigenvalue weighted by Crippen LogP contribution is -2.32. The van der Waals surface area contributed by atoms with Crippen molar-refractivity contribution in [2.75, 3.05) is 12.4 Å². The van der Waals surface area contributed by atoms with Gasteiger partial charge in [-0.15, -0.1) is 0 Å². The van der Waals surface area contributed by atoms with Gasteiger partial charge < -0.3 is 14.8 Å². The van der Waals surface area contributed by atoms with Crippen molar-refractivity contribution in [3.8, 4) is 11.5 Å². The van der Waals surface area contributed by atoms with Crippen LogP contribution in [0.1, 0.15) is 25.8 Å². The van der Waals surface area contributed by atoms with Gasteiger partial charge in [-0.1, -0.05) is 32.0 Å². The standard InChI is InChI=1S/C19H23NO3/c1-4-14-9-11-15(12-10-14)20-19(21)18(5-2)23-17-8-6-7-16(13-17)22-3/h6-13,18H,4-5H2,1-3H3,(H,20,21). The Morgan fingerprint density at radius 1 is 1.09 bits per heavy atom. The van der Waals surface area contributed by atoms with Crippen LogP contribution in [-0.4, -0.2) is 19.1 Å². The minimum atomic E-state index is -0.548. The molecule has 0 saturated heterocycles. The van der Waals surface area contributed by atoms with Crippen molar-refractivity contribution in [1.29, 1.82) is 0 Å². The Kier molecular flexibility index (Phi) is 6.03. The SMILES string of the molecule is CCc1ccc(NC(=O)C(CC)Oc2cccc(OC)c2)cc1. The maximum atomic E-state index is 12.4. The van der Waals surface area contributed by atoms with Crippen LogP contribution in [0.4, 0.5) is 5.69 Å². The van der Waals surface area contributed by atoms with E-state index in [4.69, 9.17) is 9.47 Å². The summed E-state index contributed by atoms with van der Waals surface area (Å²) in [5.74, 6) is 1.17. The molecule has 1 atom stereocenters. The first kappa shape index (κ1) is 16.9. The van der Waals surface area contributed by atoms with Crippen LogP contribution in [-0.2, 0) is 11.2 Å². The van der Waals surface area contributed by atoms with Crippen LogP contribution in [0.15, 0.2) is 48.5 Å². The van der Waals surface area contributed by atoms with Gasteiger partial charge in [0.15, 0.2) is 6.10 Å². The van der Waals surface area contributed by atoms with Gasteiger partial charge in [-0.2, -0.15) is 0 Å². The highest BCUT2D eigenvalue weighted by Crippen LogP contribution is 2.21. The van der Waals surface area contributed by atoms with Crippen molar-refractivity contribution in [3.63, 3.8) is 0 Å². The number of nitrogens with one attached hydrogen (secondary N) is 1. The number of benzene rings is 2. The molecule has 0 aromatic heterocycles. The third kappa shape index (κ3) is 4.74. The van der Waals surface area contributed by atoms with Gasteiger partial charge in [-0.3, -0.25) is 4.79 Å². The van der Waals surface area contributed by atoms with Crippen molar-refractivity contribution in [3.05, 3.63) is 54.1 Å². The Morgan fingerprint density at radius 3 is 2.39 bits per heavy atom. The first-order valence-electron chi connectivity index (χ1n) is 7.86. The molecule has 0 aliphatic carbocycles. The van der Waals surface area contributed by atoms with E-state index in [1.54, 1.807) is 13.2 Å². The third-order valence-electron chi connectivity index (χ3n) is 3.61. The second-order valence-corrected chi connectivity index (χ2v) is 5.23. The molecule has 2 aromatic rings. The second-order valence-electron chi connectivity index (χ2n) is 5.23. The zero-order chi connectivity index (χ0) is 16.7. The van der Waals surface area contributed by atoms with E-state index < -0.39 is 6.10 Å². The van der Waals surface area contributed by atoms with E-state index in [9.17, 15) is 4.79 Å². The van der Waals surface area contributed by atoms with Gasteiger partial charge in [0.25, 0.3) is 5.91 Å². The molecule has 4 nitrogen and oxygen atoms in total. The summed E-state index contributed by atoms with van der Waals surface area (Å²) >= 11 is 0. The Labute approximate surface area is 137 Å². The monoisotopic (exact) mass is 313 g/mol. The molecule has 0 heterocycles. The molecule has 0 spiro atoms. The average molecular weight is 313 g/mol. The Morgan fingerprint density at radius 2 is 1.78 bits per heavy atom. The molecule has 0 aliphatic heterocycles. The molecule has 2 rings (SSSR count). The van der Waals surface area contributed by atoms with Crippen LogP contribution in [0.25, 0.3) is 0 Å². The highest BCUT2D eigenvalue weighted by molar-refractivity contribution is 5.94. The summed E-state index contributed by atoms with van der Waals surface area (Å²) in [6, 6.07) is 15.1. The van der Waals surface area contributed by atoms with Gasteiger partial charge in [0.05, 0.1) is 7.11 Å². The Bertz CT molecular complexity index is 637. The minimum Gasteiger partial charge on any atom is -0.497 e. The molecule has 0 fully saturated rings. The fraction of sp³-hybridized carbons (Fsp3) is 0.316. The van der Waals surface area contributed by atoms with E-state index in [2.05, 4.69) is 12.2 Å². The van der Waals surface area contributed by atoms with E-state index in [-0.39, 0.29) is 5.91 Å². The second kappa shape index (κ2) is 8.22. The van der Waals surface area contributed by atoms with Gasteiger partial charge in [0, 0.05) is 11.8 Å². The predicted octanol–water partition coefficient (Wildman–Crippen LogP) is 4.05. The summed E-state index contributed by atoms with van der Waals surface area (Å²) < 4.78 is 11.0. The van der Waals surface area contributed by atoms with E-state index >= 15 is 0 Å². The number of hydrogen-bond acceptors (Lipinski definition) is 3. The molecule has 0 aliphatic rings. The maximum absolute atomic E-state index is 12.4. The number of hydrogen-bond donors (Lipinski definition) is 1. The number of carbonyl (C=O) groups is 1. The van der Waals surface area contributed by atoms with Gasteiger partial charge in [0.1, 0.15) is 11.5 Å². The molecule has 0 saturated carbocycles. The van der Waals surface area contributed by atoms with E-state index in [0.29, 0.717) is 17.9 Å². The molecular formula is C19H23NO3. The lowest BCUT2D eigenvalue weighted by Gasteiger charge is -2.17. The van der Waals surface area contributed by atoms with Crippen molar-refractivity contribution in [2.45, 2.75) is 32.8 Å². The normalized spacial score (nSPS) is 11.6. The summed E-state index contributed by atoms with van der Waals surface area (Å²) in [5.41, 5.74) is 2.02. The number of aryl methyl sites for hydroxylation is 1. The van der Waals surface area contributed by atoms with Crippen LogP contribution in [0, 0.1) is 0 Å². The van der Waals surface area contributed by atoms with Gasteiger partial charge in [-0.25, -0.2) is 0 Å². The average Bonchev–Trinajstić information content (AvgIpc) is 2.60. The van der Waals surface area contributed by atoms with Gasteiger partial charge in [-0.05, 0) is 42.7 Å². The summed E-state index contributed by atoms with van der Waals surface area (Å²) in [6.07, 6.45) is 1.01. The zero-order valence-corrected chi connectivity index (χ0v) is 13.8. The highest BCUT2D eigenvalue weighted by atomic mass is 16.5. The van der Waals surface area contributed by atoms with Crippen molar-refractivity contribution < 1.29 is 14.3 Å². The number of carbonyl (C=O) groups excluding carboxylic acids is 1. The van der Waals surface area contributed by atoms with Crippen LogP contribution in [0.2, 0.25) is 0 Å². The van der Waals surface area contributed by atoms with Crippen molar-refractivity contribution in [2.24, 2.45) is 0 Å². The minimum absolute atomic E-state index is 0.153. The van der Waals surface area contributed by atoms with Crippen LogP contribution in [0.5, 0.6) is 11.5 Å². The van der Waals surface area contributed by atoms with Crippen LogP contribution >= 0.6 is 0 Å². The summed E-state index contributed by atoms with van der Waals surface area (Å²) in [4.78, 5) is 12.4. The maximum Gasteiger partial charge on any atom is 0.265 e. The van der Waals surface area contributed by atoms with Gasteiger partial charge >= 0.3 is 0 Å². The molecule has 2 aromatic carbocycles. The molecule has 23 heavy (non-hydrogen) atoms. The molecule has 0 bridgehead atoms. The summed E-state index contributed by atoms with van der Waals surface area (Å²) in [7, 11) is 1.60. The fourth-order valence-electron chi connectivity index (χ4n) is 2.21. The summed E-state index contributed by atoms with van der Waals surface area (Å²) in [5, 5.41) is 2.90. The Balaban J connectivity index is 2.02. The first-order valence-corrected chi connectivity index (χ1v) is 7.86. The van der Waals surface area contributed by atoms with E-state index in [1.807, 2.05) is 49.4 Å². The fourth-order valence-corrected chi connectivity index (χ4v) is 2.21. The predicted molar refractivity (Wildman–Crippen MR) is 92.2 cm³/mol. The number of amides is 1. The Hall–Kier alpha value is -2.49. The van der Waals surface area contributed by atoms with Crippen LogP contribution < -0.4 is 14.8 Å². The summed E-state index contributed by atoms with van der Waals surface area (Å²) in [6.45, 7) is 4.02. The highest BCUT2D eigenvalue weighted by Gasteiger charge is 2.18. The quantitative estimate of drug-likeness (QED) is 0.838. The van der Waals surface area contributed by atoms with E-state index in [0.717, 1.165) is 12.1 Å². The molecule has 122 valence electrons. The molecule has 1 unspecified atom stereocenters. The zero-order valence-electron chi connectivity index (χ0n) is 13.8. The molecule has 1 N–H and O–H groups in total. The smallest absolute Gasteiger partial charge is 0.265 e. The molecule has 4 heteroatoms. The molecular weight excluding hydrogens is 290 g/mol. The van der Waals surface area contributed by atoms with Crippen LogP contribution in [0.3, 0.4) is 0 Å². The lowest BCUT2D eigenvalue weighted by molar-refractivity contribution is -0.122. The lowest BCUT2D eigenvalue weighted by atomic mass is 10.1. The number of rotatable bonds is 7. The first-order chi connectivity index (χ1) is 11.2. The van der Waals surface area contributed by atoms with Gasteiger partial charge in [0.2, 0.25) is 0 Å². The van der Waals surface area contributed by atoms with Crippen molar-refractivity contribution in [1.82, 2.24) is 0 Å². The number of methoxy groups -OCH3 is 1.